The fourth-order valence-electron chi connectivity index (χ4n) is 3.89. The minimum atomic E-state index is -0.821. The maximum absolute atomic E-state index is 12.5. The number of carbonyl (C=O) groups excluding carboxylic acids is 2. The Morgan fingerprint density at radius 1 is 0.966 bits per heavy atom. The van der Waals surface area contributed by atoms with Crippen molar-refractivity contribution >= 4 is 11.9 Å². The highest BCUT2D eigenvalue weighted by Crippen LogP contribution is 2.29. The Morgan fingerprint density at radius 3 is 2.03 bits per heavy atom. The number of amides is 1. The molecule has 29 heavy (non-hydrogen) atoms. The molecule has 5 nitrogen and oxygen atoms in total. The molecule has 0 heterocycles. The smallest absolute Gasteiger partial charge is 0.307 e. The van der Waals surface area contributed by atoms with Crippen LogP contribution in [0.15, 0.2) is 60.7 Å². The molecule has 0 aliphatic heterocycles. The van der Waals surface area contributed by atoms with Gasteiger partial charge in [-0.15, -0.1) is 0 Å². The number of hydrogen-bond donors (Lipinski definition) is 1. The van der Waals surface area contributed by atoms with Crippen molar-refractivity contribution in [3.8, 4) is 6.07 Å². The summed E-state index contributed by atoms with van der Waals surface area (Å²) in [7, 11) is 0. The summed E-state index contributed by atoms with van der Waals surface area (Å²) in [5.74, 6) is -0.998. The number of nitrogens with zero attached hydrogens (tertiary/aromatic N) is 1. The Labute approximate surface area is 171 Å². The Morgan fingerprint density at radius 2 is 1.52 bits per heavy atom. The number of hydrogen-bond acceptors (Lipinski definition) is 4. The molecule has 0 saturated heterocycles. The lowest BCUT2D eigenvalue weighted by molar-refractivity contribution is -0.149. The molecule has 1 fully saturated rings. The first-order valence-corrected chi connectivity index (χ1v) is 10.1. The van der Waals surface area contributed by atoms with E-state index < -0.39 is 17.4 Å². The van der Waals surface area contributed by atoms with E-state index in [0.717, 1.165) is 30.4 Å². The maximum atomic E-state index is 12.5. The molecule has 1 saturated carbocycles. The van der Waals surface area contributed by atoms with Crippen molar-refractivity contribution in [3.63, 3.8) is 0 Å². The molecule has 0 radical (unpaired) electrons. The fourth-order valence-corrected chi connectivity index (χ4v) is 3.89. The fraction of sp³-hybridized carbons (Fsp3) is 0.375. The van der Waals surface area contributed by atoms with Crippen LogP contribution in [0.1, 0.15) is 55.6 Å². The SMILES string of the molecule is N#CC1(NC(=O)COC(=O)CC(c2ccccc2)c2ccccc2)CCCCC1. The van der Waals surface area contributed by atoms with E-state index >= 15 is 0 Å². The maximum Gasteiger partial charge on any atom is 0.307 e. The first-order chi connectivity index (χ1) is 14.1. The van der Waals surface area contributed by atoms with Gasteiger partial charge in [-0.1, -0.05) is 79.9 Å². The molecular weight excluding hydrogens is 364 g/mol. The minimum Gasteiger partial charge on any atom is -0.456 e. The summed E-state index contributed by atoms with van der Waals surface area (Å²) >= 11 is 0. The number of ether oxygens (including phenoxy) is 1. The van der Waals surface area contributed by atoms with Crippen LogP contribution < -0.4 is 5.32 Å². The molecule has 2 aromatic rings. The van der Waals surface area contributed by atoms with Gasteiger partial charge in [0.2, 0.25) is 0 Å². The lowest BCUT2D eigenvalue weighted by Gasteiger charge is -2.31. The summed E-state index contributed by atoms with van der Waals surface area (Å²) in [6.07, 6.45) is 4.35. The molecule has 5 heteroatoms. The third-order valence-corrected chi connectivity index (χ3v) is 5.44. The average Bonchev–Trinajstić information content (AvgIpc) is 2.78. The second-order valence-corrected chi connectivity index (χ2v) is 7.54. The molecule has 2 aromatic carbocycles. The Kier molecular flexibility index (Phi) is 7.02. The van der Waals surface area contributed by atoms with Gasteiger partial charge < -0.3 is 10.1 Å². The van der Waals surface area contributed by atoms with E-state index in [1.165, 1.54) is 0 Å². The van der Waals surface area contributed by atoms with Crippen molar-refractivity contribution in [2.45, 2.75) is 50.0 Å². The molecule has 1 amide bonds. The molecule has 0 spiro atoms. The van der Waals surface area contributed by atoms with Gasteiger partial charge in [0.05, 0.1) is 12.5 Å². The number of rotatable bonds is 7. The average molecular weight is 390 g/mol. The predicted octanol–water partition coefficient (Wildman–Crippen LogP) is 4.09. The third-order valence-electron chi connectivity index (χ3n) is 5.44. The van der Waals surface area contributed by atoms with Gasteiger partial charge in [-0.05, 0) is 24.0 Å². The zero-order valence-electron chi connectivity index (χ0n) is 16.5. The van der Waals surface area contributed by atoms with E-state index in [2.05, 4.69) is 11.4 Å². The van der Waals surface area contributed by atoms with Gasteiger partial charge >= 0.3 is 5.97 Å². The molecule has 0 atom stereocenters. The van der Waals surface area contributed by atoms with Crippen LogP contribution in [-0.2, 0) is 14.3 Å². The Bertz CT molecular complexity index is 813. The van der Waals surface area contributed by atoms with Crippen molar-refractivity contribution in [2.75, 3.05) is 6.61 Å². The zero-order chi connectivity index (χ0) is 20.5. The predicted molar refractivity (Wildman–Crippen MR) is 110 cm³/mol. The first kappa shape index (κ1) is 20.6. The third kappa shape index (κ3) is 5.68. The van der Waals surface area contributed by atoms with Gasteiger partial charge in [-0.2, -0.15) is 5.26 Å². The molecule has 0 aromatic heterocycles. The van der Waals surface area contributed by atoms with Crippen LogP contribution in [-0.4, -0.2) is 24.0 Å². The van der Waals surface area contributed by atoms with Gasteiger partial charge in [-0.25, -0.2) is 0 Å². The summed E-state index contributed by atoms with van der Waals surface area (Å²) in [5, 5.41) is 12.2. The van der Waals surface area contributed by atoms with Crippen molar-refractivity contribution in [1.29, 1.82) is 5.26 Å². The van der Waals surface area contributed by atoms with Crippen LogP contribution in [0.2, 0.25) is 0 Å². The summed E-state index contributed by atoms with van der Waals surface area (Å²) in [5.41, 5.74) is 1.22. The molecule has 1 N–H and O–H groups in total. The van der Waals surface area contributed by atoms with Gasteiger partial charge in [0.25, 0.3) is 5.91 Å². The standard InChI is InChI=1S/C24H26N2O3/c25-18-24(14-8-3-9-15-24)26-22(27)17-29-23(28)16-21(19-10-4-1-5-11-19)20-12-6-2-7-13-20/h1-2,4-7,10-13,21H,3,8-9,14-17H2,(H,26,27). The molecule has 150 valence electrons. The summed E-state index contributed by atoms with van der Waals surface area (Å²) < 4.78 is 5.25. The monoisotopic (exact) mass is 390 g/mol. The van der Waals surface area contributed by atoms with Gasteiger partial charge in [0.15, 0.2) is 6.61 Å². The minimum absolute atomic E-state index is 0.142. The highest BCUT2D eigenvalue weighted by Gasteiger charge is 2.33. The molecule has 1 aliphatic carbocycles. The van der Waals surface area contributed by atoms with Crippen molar-refractivity contribution in [2.24, 2.45) is 0 Å². The first-order valence-electron chi connectivity index (χ1n) is 10.1. The number of benzene rings is 2. The van der Waals surface area contributed by atoms with Crippen molar-refractivity contribution in [1.82, 2.24) is 5.32 Å². The van der Waals surface area contributed by atoms with Crippen LogP contribution in [0.3, 0.4) is 0 Å². The van der Waals surface area contributed by atoms with Crippen LogP contribution in [0.5, 0.6) is 0 Å². The van der Waals surface area contributed by atoms with Crippen LogP contribution >= 0.6 is 0 Å². The lowest BCUT2D eigenvalue weighted by atomic mass is 9.83. The summed E-state index contributed by atoms with van der Waals surface area (Å²) in [6.45, 7) is -0.363. The van der Waals surface area contributed by atoms with Gasteiger partial charge in [-0.3, -0.25) is 9.59 Å². The Balaban J connectivity index is 1.59. The quantitative estimate of drug-likeness (QED) is 0.722. The molecule has 1 aliphatic rings. The van der Waals surface area contributed by atoms with Crippen LogP contribution in [0.25, 0.3) is 0 Å². The second kappa shape index (κ2) is 9.88. The van der Waals surface area contributed by atoms with E-state index in [0.29, 0.717) is 12.8 Å². The number of carbonyl (C=O) groups is 2. The van der Waals surface area contributed by atoms with Gasteiger partial charge in [0.1, 0.15) is 5.54 Å². The van der Waals surface area contributed by atoms with E-state index in [4.69, 9.17) is 4.74 Å². The van der Waals surface area contributed by atoms with E-state index in [-0.39, 0.29) is 18.9 Å². The lowest BCUT2D eigenvalue weighted by Crippen LogP contribution is -2.50. The van der Waals surface area contributed by atoms with Crippen molar-refractivity contribution < 1.29 is 14.3 Å². The summed E-state index contributed by atoms with van der Waals surface area (Å²) in [6, 6.07) is 21.8. The van der Waals surface area contributed by atoms with Crippen LogP contribution in [0, 0.1) is 11.3 Å². The number of nitriles is 1. The highest BCUT2D eigenvalue weighted by molar-refractivity contribution is 5.81. The largest absolute Gasteiger partial charge is 0.456 e. The Hall–Kier alpha value is -3.13. The van der Waals surface area contributed by atoms with E-state index in [9.17, 15) is 14.9 Å². The summed E-state index contributed by atoms with van der Waals surface area (Å²) in [4.78, 5) is 24.7. The number of esters is 1. The van der Waals surface area contributed by atoms with Gasteiger partial charge in [0, 0.05) is 5.92 Å². The molecule has 0 unspecified atom stereocenters. The van der Waals surface area contributed by atoms with E-state index in [1.807, 2.05) is 60.7 Å². The zero-order valence-corrected chi connectivity index (χ0v) is 16.5. The highest BCUT2D eigenvalue weighted by atomic mass is 16.5. The molecular formula is C24H26N2O3. The normalized spacial score (nSPS) is 15.3. The van der Waals surface area contributed by atoms with Crippen molar-refractivity contribution in [3.05, 3.63) is 71.8 Å². The van der Waals surface area contributed by atoms with E-state index in [1.54, 1.807) is 0 Å². The topological polar surface area (TPSA) is 79.2 Å². The van der Waals surface area contributed by atoms with Crippen LogP contribution in [0.4, 0.5) is 0 Å². The molecule has 0 bridgehead atoms. The molecule has 3 rings (SSSR count). The number of nitrogens with one attached hydrogen (secondary N) is 1. The second-order valence-electron chi connectivity index (χ2n) is 7.54.